The van der Waals surface area contributed by atoms with Gasteiger partial charge in [0.2, 0.25) is 0 Å². The lowest BCUT2D eigenvalue weighted by molar-refractivity contribution is -0.126. The maximum atomic E-state index is 11.6. The van der Waals surface area contributed by atoms with Crippen molar-refractivity contribution in [3.05, 3.63) is 0 Å². The maximum absolute atomic E-state index is 11.6. The predicted molar refractivity (Wildman–Crippen MR) is 56.0 cm³/mol. The Bertz CT molecular complexity index is 194. The molecule has 3 heteroatoms. The van der Waals surface area contributed by atoms with E-state index < -0.39 is 0 Å². The van der Waals surface area contributed by atoms with Crippen molar-refractivity contribution in [2.75, 3.05) is 13.7 Å². The highest BCUT2D eigenvalue weighted by Crippen LogP contribution is 2.28. The molecule has 0 bridgehead atoms. The lowest BCUT2D eigenvalue weighted by Gasteiger charge is -2.29. The van der Waals surface area contributed by atoms with Crippen molar-refractivity contribution in [2.24, 2.45) is 17.6 Å². The zero-order chi connectivity index (χ0) is 10.6. The molecule has 0 heterocycles. The number of ether oxygens (including phenoxy) is 1. The molecule has 0 aromatic heterocycles. The number of ketones is 1. The summed E-state index contributed by atoms with van der Waals surface area (Å²) in [5.41, 5.74) is 5.99. The first-order valence-corrected chi connectivity index (χ1v) is 5.42. The molecule has 0 radical (unpaired) electrons. The second-order valence-electron chi connectivity index (χ2n) is 4.40. The number of hydrogen-bond donors (Lipinski definition) is 1. The summed E-state index contributed by atoms with van der Waals surface area (Å²) in [6, 6.07) is -0.00907. The van der Waals surface area contributed by atoms with E-state index in [9.17, 15) is 4.79 Å². The molecule has 14 heavy (non-hydrogen) atoms. The standard InChI is InChI=1S/C11H21NO2/c1-8-3-4-11(13)9(7-8)10(12)5-6-14-2/h8-10H,3-7,12H2,1-2H3. The monoisotopic (exact) mass is 199 g/mol. The summed E-state index contributed by atoms with van der Waals surface area (Å²) in [5.74, 6) is 1.08. The maximum Gasteiger partial charge on any atom is 0.137 e. The smallest absolute Gasteiger partial charge is 0.137 e. The Kier molecular flexibility index (Phi) is 4.55. The molecular formula is C11H21NO2. The Morgan fingerprint density at radius 2 is 2.36 bits per heavy atom. The molecule has 1 aliphatic carbocycles. The van der Waals surface area contributed by atoms with E-state index in [1.54, 1.807) is 7.11 Å². The molecule has 1 saturated carbocycles. The third-order valence-corrected chi connectivity index (χ3v) is 3.13. The lowest BCUT2D eigenvalue weighted by Crippen LogP contribution is -2.39. The van der Waals surface area contributed by atoms with E-state index in [-0.39, 0.29) is 12.0 Å². The highest BCUT2D eigenvalue weighted by Gasteiger charge is 2.30. The second-order valence-corrected chi connectivity index (χ2v) is 4.40. The largest absolute Gasteiger partial charge is 0.385 e. The summed E-state index contributed by atoms with van der Waals surface area (Å²) >= 11 is 0. The van der Waals surface area contributed by atoms with Crippen LogP contribution in [0, 0.1) is 11.8 Å². The average Bonchev–Trinajstić information content (AvgIpc) is 2.18. The molecule has 3 atom stereocenters. The molecule has 3 unspecified atom stereocenters. The SMILES string of the molecule is COCCC(N)C1CC(C)CCC1=O. The molecule has 0 saturated heterocycles. The van der Waals surface area contributed by atoms with Crippen LogP contribution in [0.2, 0.25) is 0 Å². The number of carbonyl (C=O) groups excluding carboxylic acids is 1. The zero-order valence-corrected chi connectivity index (χ0v) is 9.16. The van der Waals surface area contributed by atoms with Crippen molar-refractivity contribution in [2.45, 2.75) is 38.6 Å². The van der Waals surface area contributed by atoms with Crippen molar-refractivity contribution in [1.29, 1.82) is 0 Å². The molecule has 1 rings (SSSR count). The van der Waals surface area contributed by atoms with Crippen LogP contribution in [0.5, 0.6) is 0 Å². The van der Waals surface area contributed by atoms with E-state index in [0.29, 0.717) is 24.7 Å². The van der Waals surface area contributed by atoms with Crippen LogP contribution in [0.1, 0.15) is 32.6 Å². The van der Waals surface area contributed by atoms with E-state index in [4.69, 9.17) is 10.5 Å². The van der Waals surface area contributed by atoms with Gasteiger partial charge in [-0.2, -0.15) is 0 Å². The molecule has 1 fully saturated rings. The van der Waals surface area contributed by atoms with E-state index in [0.717, 1.165) is 19.3 Å². The molecule has 0 spiro atoms. The van der Waals surface area contributed by atoms with Crippen molar-refractivity contribution in [1.82, 2.24) is 0 Å². The first-order chi connectivity index (χ1) is 6.65. The summed E-state index contributed by atoms with van der Waals surface area (Å²) in [6.45, 7) is 2.85. The van der Waals surface area contributed by atoms with Crippen LogP contribution >= 0.6 is 0 Å². The normalized spacial score (nSPS) is 30.4. The van der Waals surface area contributed by atoms with Gasteiger partial charge in [-0.05, 0) is 25.2 Å². The van der Waals surface area contributed by atoms with E-state index in [1.807, 2.05) is 0 Å². The Balaban J connectivity index is 2.43. The second kappa shape index (κ2) is 5.47. The molecule has 1 aliphatic rings. The summed E-state index contributed by atoms with van der Waals surface area (Å²) in [6.07, 6.45) is 3.50. The van der Waals surface area contributed by atoms with E-state index in [2.05, 4.69) is 6.92 Å². The fourth-order valence-corrected chi connectivity index (χ4v) is 2.13. The predicted octanol–water partition coefficient (Wildman–Crippen LogP) is 1.36. The highest BCUT2D eigenvalue weighted by atomic mass is 16.5. The molecule has 0 aromatic rings. The Labute approximate surface area is 86.0 Å². The van der Waals surface area contributed by atoms with Crippen molar-refractivity contribution in [3.63, 3.8) is 0 Å². The van der Waals surface area contributed by atoms with Gasteiger partial charge >= 0.3 is 0 Å². The van der Waals surface area contributed by atoms with Gasteiger partial charge in [-0.3, -0.25) is 4.79 Å². The van der Waals surface area contributed by atoms with Crippen molar-refractivity contribution in [3.8, 4) is 0 Å². The van der Waals surface area contributed by atoms with Gasteiger partial charge in [-0.15, -0.1) is 0 Å². The molecule has 2 N–H and O–H groups in total. The van der Waals surface area contributed by atoms with Gasteiger partial charge in [0.15, 0.2) is 0 Å². The molecule has 0 aromatic carbocycles. The topological polar surface area (TPSA) is 52.3 Å². The first-order valence-electron chi connectivity index (χ1n) is 5.42. The van der Waals surface area contributed by atoms with Crippen molar-refractivity contribution < 1.29 is 9.53 Å². The third-order valence-electron chi connectivity index (χ3n) is 3.13. The van der Waals surface area contributed by atoms with Gasteiger partial charge < -0.3 is 10.5 Å². The van der Waals surface area contributed by atoms with Crippen LogP contribution in [0.15, 0.2) is 0 Å². The summed E-state index contributed by atoms with van der Waals surface area (Å²) in [5, 5.41) is 0. The average molecular weight is 199 g/mol. The fourth-order valence-electron chi connectivity index (χ4n) is 2.13. The molecule has 3 nitrogen and oxygen atoms in total. The third kappa shape index (κ3) is 3.07. The Morgan fingerprint density at radius 3 is 3.00 bits per heavy atom. The van der Waals surface area contributed by atoms with Crippen LogP contribution in [-0.4, -0.2) is 25.5 Å². The minimum atomic E-state index is -0.00907. The highest BCUT2D eigenvalue weighted by molar-refractivity contribution is 5.82. The van der Waals surface area contributed by atoms with Crippen LogP contribution in [-0.2, 0) is 9.53 Å². The lowest BCUT2D eigenvalue weighted by atomic mass is 9.77. The molecule has 0 aliphatic heterocycles. The van der Waals surface area contributed by atoms with Gasteiger partial charge in [-0.25, -0.2) is 0 Å². The van der Waals surface area contributed by atoms with Crippen molar-refractivity contribution >= 4 is 5.78 Å². The van der Waals surface area contributed by atoms with Gasteiger partial charge in [0, 0.05) is 32.1 Å². The van der Waals surface area contributed by atoms with Gasteiger partial charge in [0.1, 0.15) is 5.78 Å². The number of hydrogen-bond acceptors (Lipinski definition) is 3. The van der Waals surface area contributed by atoms with E-state index >= 15 is 0 Å². The number of rotatable bonds is 4. The summed E-state index contributed by atoms with van der Waals surface area (Å²) < 4.78 is 4.97. The van der Waals surface area contributed by atoms with Gasteiger partial charge in [0.05, 0.1) is 0 Å². The van der Waals surface area contributed by atoms with Gasteiger partial charge in [0.25, 0.3) is 0 Å². The summed E-state index contributed by atoms with van der Waals surface area (Å²) in [4.78, 5) is 11.6. The van der Waals surface area contributed by atoms with Crippen LogP contribution < -0.4 is 5.73 Å². The Morgan fingerprint density at radius 1 is 1.64 bits per heavy atom. The van der Waals surface area contributed by atoms with Crippen LogP contribution in [0.3, 0.4) is 0 Å². The minimum absolute atomic E-state index is 0.00907. The molecule has 0 amide bonds. The Hall–Kier alpha value is -0.410. The van der Waals surface area contributed by atoms with Gasteiger partial charge in [-0.1, -0.05) is 6.92 Å². The van der Waals surface area contributed by atoms with Crippen LogP contribution in [0.25, 0.3) is 0 Å². The quantitative estimate of drug-likeness (QED) is 0.743. The molecular weight excluding hydrogens is 178 g/mol. The number of methoxy groups -OCH3 is 1. The van der Waals surface area contributed by atoms with Crippen LogP contribution in [0.4, 0.5) is 0 Å². The molecule has 82 valence electrons. The fraction of sp³-hybridized carbons (Fsp3) is 0.909. The first kappa shape index (κ1) is 11.7. The number of carbonyl (C=O) groups is 1. The minimum Gasteiger partial charge on any atom is -0.385 e. The number of nitrogens with two attached hydrogens (primary N) is 1. The number of Topliss-reactive ketones (excluding diaryl/α,β-unsaturated/α-hetero) is 1. The summed E-state index contributed by atoms with van der Waals surface area (Å²) in [7, 11) is 1.66. The van der Waals surface area contributed by atoms with E-state index in [1.165, 1.54) is 0 Å². The zero-order valence-electron chi connectivity index (χ0n) is 9.16.